The molecular weight excluding hydrogens is 233 g/mol. The molecule has 1 heterocycles. The quantitative estimate of drug-likeness (QED) is 0.866. The summed E-state index contributed by atoms with van der Waals surface area (Å²) in [6, 6.07) is 5.45. The molecule has 0 bridgehead atoms. The molecule has 1 aromatic heterocycles. The van der Waals surface area contributed by atoms with Crippen molar-refractivity contribution in [1.29, 1.82) is 0 Å². The lowest BCUT2D eigenvalue weighted by molar-refractivity contribution is 1.09. The van der Waals surface area contributed by atoms with Gasteiger partial charge in [-0.3, -0.25) is 5.10 Å². The Kier molecular flexibility index (Phi) is 3.14. The van der Waals surface area contributed by atoms with Crippen molar-refractivity contribution in [3.05, 3.63) is 46.2 Å². The zero-order chi connectivity index (χ0) is 10.7. The van der Waals surface area contributed by atoms with Crippen LogP contribution in [0.2, 0.25) is 10.0 Å². The van der Waals surface area contributed by atoms with Crippen LogP contribution in [0.15, 0.2) is 30.6 Å². The monoisotopic (exact) mass is 241 g/mol. The number of halogens is 2. The Morgan fingerprint density at radius 1 is 1.33 bits per heavy atom. The van der Waals surface area contributed by atoms with Gasteiger partial charge in [0, 0.05) is 22.8 Å². The van der Waals surface area contributed by atoms with E-state index in [1.165, 1.54) is 0 Å². The molecule has 0 fully saturated rings. The van der Waals surface area contributed by atoms with Gasteiger partial charge in [0.15, 0.2) is 0 Å². The second-order valence-corrected chi connectivity index (χ2v) is 3.92. The average molecular weight is 242 g/mol. The SMILES string of the molecule is Clc1ccc(CNc2cn[nH]c2)c(Cl)c1. The highest BCUT2D eigenvalue weighted by Crippen LogP contribution is 2.21. The van der Waals surface area contributed by atoms with Crippen LogP contribution >= 0.6 is 23.2 Å². The molecule has 15 heavy (non-hydrogen) atoms. The Morgan fingerprint density at radius 2 is 2.20 bits per heavy atom. The van der Waals surface area contributed by atoms with Gasteiger partial charge in [0.2, 0.25) is 0 Å². The molecule has 0 aliphatic carbocycles. The highest BCUT2D eigenvalue weighted by molar-refractivity contribution is 6.35. The van der Waals surface area contributed by atoms with Crippen molar-refractivity contribution in [2.75, 3.05) is 5.32 Å². The molecule has 0 aliphatic heterocycles. The number of hydrogen-bond acceptors (Lipinski definition) is 2. The normalized spacial score (nSPS) is 10.3. The second kappa shape index (κ2) is 4.55. The fourth-order valence-electron chi connectivity index (χ4n) is 1.21. The molecule has 78 valence electrons. The predicted octanol–water partition coefficient (Wildman–Crippen LogP) is 3.33. The van der Waals surface area contributed by atoms with E-state index in [4.69, 9.17) is 23.2 Å². The summed E-state index contributed by atoms with van der Waals surface area (Å²) < 4.78 is 0. The van der Waals surface area contributed by atoms with Gasteiger partial charge < -0.3 is 5.32 Å². The van der Waals surface area contributed by atoms with Crippen molar-refractivity contribution in [2.24, 2.45) is 0 Å². The summed E-state index contributed by atoms with van der Waals surface area (Å²) in [5.41, 5.74) is 1.93. The van der Waals surface area contributed by atoms with Crippen LogP contribution in [0.4, 0.5) is 5.69 Å². The van der Waals surface area contributed by atoms with E-state index in [9.17, 15) is 0 Å². The van der Waals surface area contributed by atoms with E-state index in [1.807, 2.05) is 12.1 Å². The van der Waals surface area contributed by atoms with Gasteiger partial charge >= 0.3 is 0 Å². The zero-order valence-electron chi connectivity index (χ0n) is 7.80. The van der Waals surface area contributed by atoms with E-state index < -0.39 is 0 Å². The first-order valence-corrected chi connectivity index (χ1v) is 5.18. The summed E-state index contributed by atoms with van der Waals surface area (Å²) in [6.07, 6.45) is 3.49. The van der Waals surface area contributed by atoms with Crippen LogP contribution in [-0.2, 0) is 6.54 Å². The molecule has 0 saturated carbocycles. The Labute approximate surface area is 97.4 Å². The fourth-order valence-corrected chi connectivity index (χ4v) is 1.69. The van der Waals surface area contributed by atoms with Gasteiger partial charge in [-0.05, 0) is 17.7 Å². The van der Waals surface area contributed by atoms with Crippen molar-refractivity contribution in [3.63, 3.8) is 0 Å². The minimum atomic E-state index is 0.645. The second-order valence-electron chi connectivity index (χ2n) is 3.08. The summed E-state index contributed by atoms with van der Waals surface area (Å²) in [7, 11) is 0. The number of anilines is 1. The van der Waals surface area contributed by atoms with Gasteiger partial charge in [0.25, 0.3) is 0 Å². The number of rotatable bonds is 3. The summed E-state index contributed by atoms with van der Waals surface area (Å²) >= 11 is 11.8. The van der Waals surface area contributed by atoms with Crippen molar-refractivity contribution in [1.82, 2.24) is 10.2 Å². The van der Waals surface area contributed by atoms with Crippen molar-refractivity contribution in [3.8, 4) is 0 Å². The van der Waals surface area contributed by atoms with E-state index in [0.29, 0.717) is 16.6 Å². The minimum absolute atomic E-state index is 0.645. The van der Waals surface area contributed by atoms with Crippen molar-refractivity contribution < 1.29 is 0 Å². The molecule has 1 aromatic carbocycles. The number of aromatic amines is 1. The number of benzene rings is 1. The first-order chi connectivity index (χ1) is 7.25. The Balaban J connectivity index is 2.05. The van der Waals surface area contributed by atoms with Crippen LogP contribution < -0.4 is 5.32 Å². The number of nitrogens with zero attached hydrogens (tertiary/aromatic N) is 1. The van der Waals surface area contributed by atoms with E-state index in [2.05, 4.69) is 15.5 Å². The topological polar surface area (TPSA) is 40.7 Å². The molecule has 0 saturated heterocycles. The highest BCUT2D eigenvalue weighted by Gasteiger charge is 2.01. The minimum Gasteiger partial charge on any atom is -0.378 e. The molecule has 2 N–H and O–H groups in total. The van der Waals surface area contributed by atoms with E-state index in [-0.39, 0.29) is 0 Å². The third-order valence-corrected chi connectivity index (χ3v) is 2.58. The lowest BCUT2D eigenvalue weighted by Crippen LogP contribution is -1.98. The maximum Gasteiger partial charge on any atom is 0.0726 e. The van der Waals surface area contributed by atoms with Crippen LogP contribution in [0.1, 0.15) is 5.56 Å². The maximum atomic E-state index is 6.02. The highest BCUT2D eigenvalue weighted by atomic mass is 35.5. The van der Waals surface area contributed by atoms with Crippen LogP contribution in [0.5, 0.6) is 0 Å². The number of hydrogen-bond donors (Lipinski definition) is 2. The molecule has 3 nitrogen and oxygen atoms in total. The van der Waals surface area contributed by atoms with Crippen LogP contribution in [0.25, 0.3) is 0 Å². The van der Waals surface area contributed by atoms with Crippen molar-refractivity contribution >= 4 is 28.9 Å². The summed E-state index contributed by atoms with van der Waals surface area (Å²) in [5.74, 6) is 0. The molecule has 2 aromatic rings. The molecule has 0 aliphatic rings. The summed E-state index contributed by atoms with van der Waals surface area (Å²) in [5, 5.41) is 11.0. The van der Waals surface area contributed by atoms with Gasteiger partial charge in [-0.25, -0.2) is 0 Å². The van der Waals surface area contributed by atoms with Gasteiger partial charge in [-0.15, -0.1) is 0 Å². The molecule has 0 spiro atoms. The molecular formula is C10H9Cl2N3. The van der Waals surface area contributed by atoms with Gasteiger partial charge in [0.05, 0.1) is 11.9 Å². The van der Waals surface area contributed by atoms with E-state index in [0.717, 1.165) is 11.3 Å². The Morgan fingerprint density at radius 3 is 2.87 bits per heavy atom. The van der Waals surface area contributed by atoms with Gasteiger partial charge in [0.1, 0.15) is 0 Å². The first-order valence-electron chi connectivity index (χ1n) is 4.42. The summed E-state index contributed by atoms with van der Waals surface area (Å²) in [6.45, 7) is 0.648. The van der Waals surface area contributed by atoms with Gasteiger partial charge in [-0.1, -0.05) is 29.3 Å². The Bertz CT molecular complexity index is 440. The Hall–Kier alpha value is -1.19. The summed E-state index contributed by atoms with van der Waals surface area (Å²) in [4.78, 5) is 0. The number of nitrogens with one attached hydrogen (secondary N) is 2. The lowest BCUT2D eigenvalue weighted by Gasteiger charge is -2.05. The largest absolute Gasteiger partial charge is 0.378 e. The molecule has 2 rings (SSSR count). The molecule has 0 unspecified atom stereocenters. The lowest BCUT2D eigenvalue weighted by atomic mass is 10.2. The molecule has 0 radical (unpaired) electrons. The van der Waals surface area contributed by atoms with E-state index in [1.54, 1.807) is 18.5 Å². The molecule has 5 heteroatoms. The zero-order valence-corrected chi connectivity index (χ0v) is 9.31. The van der Waals surface area contributed by atoms with Crippen LogP contribution in [0.3, 0.4) is 0 Å². The maximum absolute atomic E-state index is 6.02. The van der Waals surface area contributed by atoms with Gasteiger partial charge in [-0.2, -0.15) is 5.10 Å². The van der Waals surface area contributed by atoms with Crippen LogP contribution in [-0.4, -0.2) is 10.2 Å². The number of H-pyrrole nitrogens is 1. The van der Waals surface area contributed by atoms with Crippen LogP contribution in [0, 0.1) is 0 Å². The first kappa shape index (κ1) is 10.3. The fraction of sp³-hybridized carbons (Fsp3) is 0.100. The molecule has 0 amide bonds. The molecule has 0 atom stereocenters. The third-order valence-electron chi connectivity index (χ3n) is 2.00. The average Bonchev–Trinajstić information content (AvgIpc) is 2.69. The number of aromatic nitrogens is 2. The third kappa shape index (κ3) is 2.64. The standard InChI is InChI=1S/C10H9Cl2N3/c11-8-2-1-7(10(12)3-8)4-13-9-5-14-15-6-9/h1-3,5-6,13H,4H2,(H,14,15). The van der Waals surface area contributed by atoms with E-state index >= 15 is 0 Å². The predicted molar refractivity (Wildman–Crippen MR) is 62.4 cm³/mol. The smallest absolute Gasteiger partial charge is 0.0726 e. The van der Waals surface area contributed by atoms with Crippen molar-refractivity contribution in [2.45, 2.75) is 6.54 Å².